The zero-order valence-electron chi connectivity index (χ0n) is 23.2. The first-order valence-electron chi connectivity index (χ1n) is 13.0. The molecule has 3 aromatic rings. The second-order valence-electron chi connectivity index (χ2n) is 10.4. The third kappa shape index (κ3) is 8.74. The Balaban J connectivity index is 0.00000484. The van der Waals surface area contributed by atoms with Crippen LogP contribution < -0.4 is 15.8 Å². The molecule has 2 heterocycles. The SMILES string of the molecule is C.CC(C)(N)C(=O)N[C@H](COCc1ccccc1)c1nnc2n1CCN(C(=O)OCc1ccccc1NS(C)(=O)=O)C2. The lowest BCUT2D eigenvalue weighted by Gasteiger charge is -2.29. The molecule has 2 aromatic carbocycles. The Kier molecular flexibility index (Phi) is 10.7. The van der Waals surface area contributed by atoms with Gasteiger partial charge in [0.1, 0.15) is 12.6 Å². The van der Waals surface area contributed by atoms with Gasteiger partial charge in [0.25, 0.3) is 0 Å². The Hall–Kier alpha value is -4.01. The van der Waals surface area contributed by atoms with Crippen LogP contribution in [0.15, 0.2) is 54.6 Å². The van der Waals surface area contributed by atoms with Crippen LogP contribution in [-0.2, 0) is 50.6 Å². The van der Waals surface area contributed by atoms with Crippen LogP contribution in [0.3, 0.4) is 0 Å². The van der Waals surface area contributed by atoms with Crippen LogP contribution in [-0.4, -0.2) is 65.0 Å². The van der Waals surface area contributed by atoms with Gasteiger partial charge in [-0.2, -0.15) is 0 Å². The van der Waals surface area contributed by atoms with Crippen molar-refractivity contribution < 1.29 is 27.5 Å². The molecule has 2 amide bonds. The number of anilines is 1. The van der Waals surface area contributed by atoms with Crippen LogP contribution in [0.1, 0.15) is 50.1 Å². The number of sulfonamides is 1. The maximum atomic E-state index is 12.9. The minimum atomic E-state index is -3.49. The lowest BCUT2D eigenvalue weighted by atomic mass is 10.1. The Morgan fingerprint density at radius 3 is 2.43 bits per heavy atom. The predicted molar refractivity (Wildman–Crippen MR) is 158 cm³/mol. The van der Waals surface area contributed by atoms with E-state index in [1.165, 1.54) is 4.90 Å². The molecule has 0 bridgehead atoms. The highest BCUT2D eigenvalue weighted by Crippen LogP contribution is 2.22. The topological polar surface area (TPSA) is 171 Å². The van der Waals surface area contributed by atoms with Crippen LogP contribution in [0.25, 0.3) is 0 Å². The first kappa shape index (κ1) is 32.5. The number of carbonyl (C=O) groups is 2. The number of amides is 2. The van der Waals surface area contributed by atoms with E-state index in [0.29, 0.717) is 42.6 Å². The number of hydrogen-bond acceptors (Lipinski definition) is 9. The molecule has 1 aliphatic rings. The summed E-state index contributed by atoms with van der Waals surface area (Å²) in [6.45, 7) is 4.43. The zero-order valence-corrected chi connectivity index (χ0v) is 24.1. The molecule has 0 radical (unpaired) electrons. The molecule has 0 spiro atoms. The summed E-state index contributed by atoms with van der Waals surface area (Å²) in [6.07, 6.45) is 0.479. The van der Waals surface area contributed by atoms with Gasteiger partial charge in [0, 0.05) is 18.7 Å². The smallest absolute Gasteiger partial charge is 0.410 e. The summed E-state index contributed by atoms with van der Waals surface area (Å²) in [5.41, 5.74) is 6.75. The molecule has 13 nitrogen and oxygen atoms in total. The van der Waals surface area contributed by atoms with Gasteiger partial charge in [-0.05, 0) is 25.5 Å². The van der Waals surface area contributed by atoms with Crippen LogP contribution in [0.5, 0.6) is 0 Å². The number of para-hydroxylation sites is 1. The summed E-state index contributed by atoms with van der Waals surface area (Å²) in [7, 11) is -3.49. The van der Waals surface area contributed by atoms with Gasteiger partial charge in [-0.15, -0.1) is 10.2 Å². The monoisotopic (exact) mass is 601 g/mol. The second-order valence-corrected chi connectivity index (χ2v) is 12.1. The number of hydrogen-bond donors (Lipinski definition) is 3. The molecular formula is C28H39N7O6S. The minimum absolute atomic E-state index is 0. The molecule has 0 aliphatic carbocycles. The van der Waals surface area contributed by atoms with Crippen molar-refractivity contribution in [1.29, 1.82) is 0 Å². The summed E-state index contributed by atoms with van der Waals surface area (Å²) < 4.78 is 39.0. The number of benzene rings is 2. The van der Waals surface area contributed by atoms with E-state index in [9.17, 15) is 18.0 Å². The van der Waals surface area contributed by atoms with Gasteiger partial charge >= 0.3 is 6.09 Å². The molecule has 1 aliphatic heterocycles. The lowest BCUT2D eigenvalue weighted by Crippen LogP contribution is -2.51. The summed E-state index contributed by atoms with van der Waals surface area (Å²) >= 11 is 0. The molecule has 4 N–H and O–H groups in total. The van der Waals surface area contributed by atoms with Crippen molar-refractivity contribution in [2.24, 2.45) is 5.73 Å². The molecule has 42 heavy (non-hydrogen) atoms. The van der Waals surface area contributed by atoms with E-state index in [2.05, 4.69) is 20.2 Å². The van der Waals surface area contributed by atoms with Gasteiger partial charge in [0.05, 0.1) is 37.2 Å². The van der Waals surface area contributed by atoms with Gasteiger partial charge < -0.3 is 25.1 Å². The van der Waals surface area contributed by atoms with Gasteiger partial charge in [0.15, 0.2) is 11.6 Å². The average Bonchev–Trinajstić information content (AvgIpc) is 3.34. The summed E-state index contributed by atoms with van der Waals surface area (Å²) in [6, 6.07) is 15.7. The van der Waals surface area contributed by atoms with Gasteiger partial charge in [-0.1, -0.05) is 56.0 Å². The molecule has 1 aromatic heterocycles. The van der Waals surface area contributed by atoms with E-state index in [4.69, 9.17) is 15.2 Å². The maximum absolute atomic E-state index is 12.9. The Bertz CT molecular complexity index is 1470. The minimum Gasteiger partial charge on any atom is -0.444 e. The Labute approximate surface area is 246 Å². The summed E-state index contributed by atoms with van der Waals surface area (Å²) in [4.78, 5) is 27.1. The number of nitrogens with one attached hydrogen (secondary N) is 2. The summed E-state index contributed by atoms with van der Waals surface area (Å²) in [5.74, 6) is 0.658. The molecule has 1 atom stereocenters. The number of nitrogens with zero attached hydrogens (tertiary/aromatic N) is 4. The quantitative estimate of drug-likeness (QED) is 0.299. The highest BCUT2D eigenvalue weighted by Gasteiger charge is 2.32. The molecule has 0 saturated carbocycles. The van der Waals surface area contributed by atoms with Crippen molar-refractivity contribution in [3.63, 3.8) is 0 Å². The maximum Gasteiger partial charge on any atom is 0.410 e. The molecule has 4 rings (SSSR count). The van der Waals surface area contributed by atoms with E-state index in [-0.39, 0.29) is 33.1 Å². The van der Waals surface area contributed by atoms with Gasteiger partial charge in [0.2, 0.25) is 15.9 Å². The van der Waals surface area contributed by atoms with E-state index < -0.39 is 27.7 Å². The average molecular weight is 602 g/mol. The Morgan fingerprint density at radius 1 is 1.05 bits per heavy atom. The highest BCUT2D eigenvalue weighted by molar-refractivity contribution is 7.92. The molecule has 228 valence electrons. The first-order chi connectivity index (χ1) is 19.4. The number of rotatable bonds is 11. The van der Waals surface area contributed by atoms with Crippen LogP contribution >= 0.6 is 0 Å². The van der Waals surface area contributed by atoms with Crippen molar-refractivity contribution in [3.8, 4) is 0 Å². The zero-order chi connectivity index (χ0) is 29.6. The number of fused-ring (bicyclic) bond motifs is 1. The molecule has 14 heteroatoms. The first-order valence-corrected chi connectivity index (χ1v) is 14.9. The second kappa shape index (κ2) is 13.8. The number of aromatic nitrogens is 3. The normalized spacial score (nSPS) is 13.9. The van der Waals surface area contributed by atoms with Crippen LogP contribution in [0.2, 0.25) is 0 Å². The van der Waals surface area contributed by atoms with Gasteiger partial charge in [-0.3, -0.25) is 14.4 Å². The third-order valence-electron chi connectivity index (χ3n) is 6.30. The Morgan fingerprint density at radius 2 is 1.74 bits per heavy atom. The van der Waals surface area contributed by atoms with E-state index >= 15 is 0 Å². The number of nitrogens with two attached hydrogens (primary N) is 1. The van der Waals surface area contributed by atoms with Crippen LogP contribution in [0.4, 0.5) is 10.5 Å². The molecule has 0 fully saturated rings. The largest absolute Gasteiger partial charge is 0.444 e. The van der Waals surface area contributed by atoms with Crippen molar-refractivity contribution in [1.82, 2.24) is 25.0 Å². The predicted octanol–water partition coefficient (Wildman–Crippen LogP) is 2.55. The number of ether oxygens (including phenoxy) is 2. The van der Waals surface area contributed by atoms with Crippen molar-refractivity contribution in [3.05, 3.63) is 77.4 Å². The summed E-state index contributed by atoms with van der Waals surface area (Å²) in [5, 5.41) is 11.5. The van der Waals surface area contributed by atoms with E-state index in [1.54, 1.807) is 38.1 Å². The molecule has 0 saturated heterocycles. The molecular weight excluding hydrogens is 562 g/mol. The lowest BCUT2D eigenvalue weighted by molar-refractivity contribution is -0.126. The number of carbonyl (C=O) groups excluding carboxylic acids is 2. The third-order valence-corrected chi connectivity index (χ3v) is 6.89. The van der Waals surface area contributed by atoms with Crippen molar-refractivity contribution in [2.75, 3.05) is 24.1 Å². The van der Waals surface area contributed by atoms with Crippen molar-refractivity contribution >= 4 is 27.7 Å². The van der Waals surface area contributed by atoms with E-state index in [0.717, 1.165) is 11.8 Å². The fourth-order valence-electron chi connectivity index (χ4n) is 4.16. The standard InChI is InChI=1S/C27H35N7O6S.CH4/c1-27(2,28)25(35)29-22(18-39-16-19-9-5-4-6-10-19)24-31-30-23-15-33(13-14-34(23)24)26(36)40-17-20-11-7-8-12-21(20)32-41(3,37)38;/h4-12,22,32H,13-18,28H2,1-3H3,(H,29,35);1H4/t22-;/m1./s1. The van der Waals surface area contributed by atoms with Crippen molar-refractivity contribution in [2.45, 2.75) is 59.2 Å². The van der Waals surface area contributed by atoms with E-state index in [1.807, 2.05) is 34.9 Å². The van der Waals surface area contributed by atoms with Crippen LogP contribution in [0, 0.1) is 0 Å². The fourth-order valence-corrected chi connectivity index (χ4v) is 4.76. The fraction of sp³-hybridized carbons (Fsp3) is 0.429. The molecule has 0 unspecified atom stereocenters. The highest BCUT2D eigenvalue weighted by atomic mass is 32.2. The van der Waals surface area contributed by atoms with Gasteiger partial charge in [-0.25, -0.2) is 13.2 Å².